The van der Waals surface area contributed by atoms with Crippen LogP contribution in [0.2, 0.25) is 0 Å². The van der Waals surface area contributed by atoms with Gasteiger partial charge in [-0.15, -0.1) is 11.8 Å². The van der Waals surface area contributed by atoms with Crippen LogP contribution in [0, 0.1) is 13.8 Å². The van der Waals surface area contributed by atoms with Gasteiger partial charge in [-0.1, -0.05) is 24.3 Å². The molecule has 3 rings (SSSR count). The topological polar surface area (TPSA) is 60.7 Å². The molecule has 0 unspecified atom stereocenters. The fourth-order valence-corrected chi connectivity index (χ4v) is 4.62. The van der Waals surface area contributed by atoms with E-state index in [9.17, 15) is 9.59 Å². The first-order valence-electron chi connectivity index (χ1n) is 8.92. The van der Waals surface area contributed by atoms with Crippen molar-refractivity contribution in [2.75, 3.05) is 12.9 Å². The average molecular weight is 415 g/mol. The molecule has 5 nitrogen and oxygen atoms in total. The van der Waals surface area contributed by atoms with Crippen molar-refractivity contribution in [1.29, 1.82) is 0 Å². The summed E-state index contributed by atoms with van der Waals surface area (Å²) in [7, 11) is 1.35. The summed E-state index contributed by atoms with van der Waals surface area (Å²) in [5.41, 5.74) is 3.68. The standard InChI is InChI=1S/C21H22N2O3S2/c1-5-27-16-8-6-7-15(11-16)20(25)22-21-23(12-19(24)26-4)17-9-13(2)14(3)10-18(17)28-21/h6-11H,5,12H2,1-4H3. The number of ether oxygens (including phenoxy) is 1. The lowest BCUT2D eigenvalue weighted by Gasteiger charge is -2.05. The highest BCUT2D eigenvalue weighted by atomic mass is 32.2. The third kappa shape index (κ3) is 4.36. The molecule has 146 valence electrons. The van der Waals surface area contributed by atoms with Gasteiger partial charge in [0.05, 0.1) is 17.3 Å². The number of methoxy groups -OCH3 is 1. The van der Waals surface area contributed by atoms with Gasteiger partial charge in [-0.25, -0.2) is 0 Å². The van der Waals surface area contributed by atoms with E-state index in [4.69, 9.17) is 4.74 Å². The third-order valence-electron chi connectivity index (χ3n) is 4.40. The number of nitrogens with zero attached hydrogens (tertiary/aromatic N) is 2. The Morgan fingerprint density at radius 2 is 1.93 bits per heavy atom. The summed E-state index contributed by atoms with van der Waals surface area (Å²) in [5.74, 6) is 0.230. The largest absolute Gasteiger partial charge is 0.468 e. The quantitative estimate of drug-likeness (QED) is 0.460. The number of amides is 1. The lowest BCUT2D eigenvalue weighted by Crippen LogP contribution is -2.22. The van der Waals surface area contributed by atoms with Crippen LogP contribution >= 0.6 is 23.1 Å². The van der Waals surface area contributed by atoms with Crippen molar-refractivity contribution in [3.8, 4) is 0 Å². The maximum absolute atomic E-state index is 12.8. The maximum Gasteiger partial charge on any atom is 0.325 e. The number of aromatic nitrogens is 1. The van der Waals surface area contributed by atoms with Crippen molar-refractivity contribution < 1.29 is 14.3 Å². The molecule has 1 heterocycles. The van der Waals surface area contributed by atoms with Crippen molar-refractivity contribution in [3.63, 3.8) is 0 Å². The Kier molecular flexibility index (Phi) is 6.36. The Hall–Kier alpha value is -2.38. The number of hydrogen-bond donors (Lipinski definition) is 0. The molecular weight excluding hydrogens is 392 g/mol. The minimum absolute atomic E-state index is 0.0108. The van der Waals surface area contributed by atoms with Crippen molar-refractivity contribution in [2.45, 2.75) is 32.2 Å². The van der Waals surface area contributed by atoms with Gasteiger partial charge in [-0.3, -0.25) is 9.59 Å². The van der Waals surface area contributed by atoms with Crippen molar-refractivity contribution in [3.05, 3.63) is 57.9 Å². The van der Waals surface area contributed by atoms with E-state index >= 15 is 0 Å². The van der Waals surface area contributed by atoms with Crippen LogP contribution in [0.5, 0.6) is 0 Å². The van der Waals surface area contributed by atoms with Gasteiger partial charge in [0.2, 0.25) is 0 Å². The molecule has 0 fully saturated rings. The predicted molar refractivity (Wildman–Crippen MR) is 114 cm³/mol. The highest BCUT2D eigenvalue weighted by Gasteiger charge is 2.14. The molecule has 0 N–H and O–H groups in total. The number of fused-ring (bicyclic) bond motifs is 1. The minimum atomic E-state index is -0.381. The highest BCUT2D eigenvalue weighted by molar-refractivity contribution is 7.99. The van der Waals surface area contributed by atoms with E-state index in [1.54, 1.807) is 22.4 Å². The zero-order valence-corrected chi connectivity index (χ0v) is 17.9. The molecule has 0 saturated carbocycles. The molecule has 1 aromatic heterocycles. The molecule has 0 bridgehead atoms. The number of carbonyl (C=O) groups excluding carboxylic acids is 2. The van der Waals surface area contributed by atoms with E-state index in [1.807, 2.05) is 38.1 Å². The number of thiazole rings is 1. The van der Waals surface area contributed by atoms with Gasteiger partial charge < -0.3 is 9.30 Å². The normalized spacial score (nSPS) is 11.8. The fraction of sp³-hybridized carbons (Fsp3) is 0.286. The number of benzene rings is 2. The van der Waals surface area contributed by atoms with E-state index in [1.165, 1.54) is 18.4 Å². The van der Waals surface area contributed by atoms with Gasteiger partial charge >= 0.3 is 5.97 Å². The molecule has 0 atom stereocenters. The Morgan fingerprint density at radius 1 is 1.18 bits per heavy atom. The van der Waals surface area contributed by atoms with Crippen LogP contribution in [0.1, 0.15) is 28.4 Å². The van der Waals surface area contributed by atoms with Gasteiger partial charge in [0.15, 0.2) is 4.80 Å². The molecular formula is C21H22N2O3S2. The van der Waals surface area contributed by atoms with E-state index in [-0.39, 0.29) is 18.4 Å². The minimum Gasteiger partial charge on any atom is -0.468 e. The maximum atomic E-state index is 12.8. The molecule has 0 spiro atoms. The second-order valence-electron chi connectivity index (χ2n) is 6.33. The van der Waals surface area contributed by atoms with Gasteiger partial charge in [0.25, 0.3) is 5.91 Å². The Balaban J connectivity index is 2.12. The first kappa shape index (κ1) is 20.4. The number of rotatable bonds is 5. The molecule has 0 radical (unpaired) electrons. The second-order valence-corrected chi connectivity index (χ2v) is 8.68. The Morgan fingerprint density at radius 3 is 2.64 bits per heavy atom. The smallest absolute Gasteiger partial charge is 0.325 e. The summed E-state index contributed by atoms with van der Waals surface area (Å²) in [6.45, 7) is 6.14. The van der Waals surface area contributed by atoms with E-state index in [0.717, 1.165) is 32.0 Å². The van der Waals surface area contributed by atoms with Crippen LogP contribution in [0.4, 0.5) is 0 Å². The number of thioether (sulfide) groups is 1. The van der Waals surface area contributed by atoms with Crippen LogP contribution in [0.15, 0.2) is 46.3 Å². The van der Waals surface area contributed by atoms with Crippen molar-refractivity contribution in [1.82, 2.24) is 4.57 Å². The summed E-state index contributed by atoms with van der Waals surface area (Å²) in [5, 5.41) is 0. The van der Waals surface area contributed by atoms with Crippen molar-refractivity contribution >= 4 is 45.2 Å². The third-order valence-corrected chi connectivity index (χ3v) is 6.32. The SMILES string of the molecule is CCSc1cccc(C(=O)N=c2sc3cc(C)c(C)cc3n2CC(=O)OC)c1. The molecule has 2 aromatic carbocycles. The van der Waals surface area contributed by atoms with Gasteiger partial charge in [-0.05, 0) is 61.1 Å². The molecule has 3 aromatic rings. The molecule has 0 saturated heterocycles. The van der Waals surface area contributed by atoms with Crippen LogP contribution in [0.3, 0.4) is 0 Å². The molecule has 7 heteroatoms. The Labute approximate surface area is 172 Å². The highest BCUT2D eigenvalue weighted by Crippen LogP contribution is 2.23. The lowest BCUT2D eigenvalue weighted by atomic mass is 10.1. The van der Waals surface area contributed by atoms with Gasteiger partial charge in [-0.2, -0.15) is 4.99 Å². The number of carbonyl (C=O) groups is 2. The Bertz CT molecular complexity index is 1110. The van der Waals surface area contributed by atoms with Gasteiger partial charge in [0, 0.05) is 10.5 Å². The zero-order chi connectivity index (χ0) is 20.3. The summed E-state index contributed by atoms with van der Waals surface area (Å²) in [6.07, 6.45) is 0. The first-order chi connectivity index (χ1) is 13.4. The molecule has 0 aliphatic heterocycles. The molecule has 0 aliphatic carbocycles. The summed E-state index contributed by atoms with van der Waals surface area (Å²) >= 11 is 3.08. The zero-order valence-electron chi connectivity index (χ0n) is 16.3. The van der Waals surface area contributed by atoms with E-state index < -0.39 is 0 Å². The predicted octanol–water partition coefficient (Wildman–Crippen LogP) is 4.35. The molecule has 28 heavy (non-hydrogen) atoms. The van der Waals surface area contributed by atoms with Gasteiger partial charge in [0.1, 0.15) is 6.54 Å². The summed E-state index contributed by atoms with van der Waals surface area (Å²) < 4.78 is 7.56. The lowest BCUT2D eigenvalue weighted by molar-refractivity contribution is -0.141. The first-order valence-corrected chi connectivity index (χ1v) is 10.7. The fourth-order valence-electron chi connectivity index (χ4n) is 2.79. The number of hydrogen-bond acceptors (Lipinski definition) is 5. The number of esters is 1. The van der Waals surface area contributed by atoms with Crippen LogP contribution in [-0.2, 0) is 16.1 Å². The molecule has 1 amide bonds. The summed E-state index contributed by atoms with van der Waals surface area (Å²) in [6, 6.07) is 11.5. The van der Waals surface area contributed by atoms with E-state index in [2.05, 4.69) is 18.0 Å². The second kappa shape index (κ2) is 8.75. The van der Waals surface area contributed by atoms with E-state index in [0.29, 0.717) is 10.4 Å². The summed E-state index contributed by atoms with van der Waals surface area (Å²) in [4.78, 5) is 30.6. The van der Waals surface area contributed by atoms with Crippen LogP contribution < -0.4 is 4.80 Å². The van der Waals surface area contributed by atoms with Crippen molar-refractivity contribution in [2.24, 2.45) is 4.99 Å². The average Bonchev–Trinajstić information content (AvgIpc) is 2.98. The monoisotopic (exact) mass is 414 g/mol. The van der Waals surface area contributed by atoms with Crippen LogP contribution in [0.25, 0.3) is 10.2 Å². The number of aryl methyl sites for hydroxylation is 2. The van der Waals surface area contributed by atoms with Crippen LogP contribution in [-0.4, -0.2) is 29.3 Å². The molecule has 0 aliphatic rings.